The fraction of sp³-hybridized carbons (Fsp3) is 0. The minimum Gasteiger partial charge on any atom is -0.309 e. The molecule has 0 amide bonds. The number of para-hydroxylation sites is 3. The Labute approximate surface area is 369 Å². The summed E-state index contributed by atoms with van der Waals surface area (Å²) in [6, 6.07) is 82.7. The quantitative estimate of drug-likeness (QED) is 0.157. The number of hydrogen-bond donors (Lipinski definition) is 0. The number of nitrogens with zero attached hydrogens (tertiary/aromatic N) is 4. The topological polar surface area (TPSA) is 35.6 Å². The number of hydrogen-bond acceptors (Lipinski definition) is 2. The lowest BCUT2D eigenvalue weighted by Crippen LogP contribution is -1.98. The summed E-state index contributed by atoms with van der Waals surface area (Å²) in [5.74, 6) is 0.693. The minimum absolute atomic E-state index is 0.693. The van der Waals surface area contributed by atoms with Gasteiger partial charge in [0, 0.05) is 54.8 Å². The van der Waals surface area contributed by atoms with Crippen LogP contribution in [0, 0.1) is 0 Å². The third-order valence-corrected chi connectivity index (χ3v) is 12.9. The van der Waals surface area contributed by atoms with E-state index in [1.165, 1.54) is 54.8 Å². The lowest BCUT2D eigenvalue weighted by molar-refractivity contribution is 1.17. The van der Waals surface area contributed by atoms with Crippen LogP contribution in [0.4, 0.5) is 0 Å². The molecule has 0 radical (unpaired) electrons. The Morgan fingerprint density at radius 3 is 1.70 bits per heavy atom. The van der Waals surface area contributed by atoms with Crippen molar-refractivity contribution in [3.8, 4) is 56.3 Å². The molecule has 4 heteroatoms. The average molecular weight is 815 g/mol. The van der Waals surface area contributed by atoms with Gasteiger partial charge in [-0.25, -0.2) is 9.97 Å². The van der Waals surface area contributed by atoms with Gasteiger partial charge in [0.05, 0.1) is 33.3 Å². The second kappa shape index (κ2) is 14.5. The van der Waals surface area contributed by atoms with Crippen LogP contribution in [0.25, 0.3) is 122 Å². The highest BCUT2D eigenvalue weighted by Gasteiger charge is 2.20. The van der Waals surface area contributed by atoms with Gasteiger partial charge in [-0.3, -0.25) is 0 Å². The van der Waals surface area contributed by atoms with Gasteiger partial charge in [0.2, 0.25) is 0 Å². The summed E-state index contributed by atoms with van der Waals surface area (Å²) in [5.41, 5.74) is 15.5. The van der Waals surface area contributed by atoms with Gasteiger partial charge >= 0.3 is 0 Å². The van der Waals surface area contributed by atoms with E-state index in [1.54, 1.807) is 0 Å². The SMILES string of the molecule is c1ccc(-c2ccc(-c3nc(-c4cccc(-n5c6ccccc6c6cc(-c7cccc8c7c7ccccc7n8-c7ccccc7)ccc65)c4)nc4c3ccc3ccccc34)cc2)cc1. The monoisotopic (exact) mass is 814 g/mol. The third kappa shape index (κ3) is 5.70. The first-order valence-corrected chi connectivity index (χ1v) is 21.8. The van der Waals surface area contributed by atoms with Crippen molar-refractivity contribution in [3.63, 3.8) is 0 Å². The average Bonchev–Trinajstić information content (AvgIpc) is 3.89. The molecular formula is C60H38N4. The van der Waals surface area contributed by atoms with Crippen molar-refractivity contribution >= 4 is 65.3 Å². The molecule has 10 aromatic carbocycles. The Bertz CT molecular complexity index is 3940. The largest absolute Gasteiger partial charge is 0.309 e. The number of rotatable bonds is 6. The Hall–Kier alpha value is -8.60. The minimum atomic E-state index is 0.693. The highest BCUT2D eigenvalue weighted by Crippen LogP contribution is 2.42. The molecular weight excluding hydrogens is 777 g/mol. The van der Waals surface area contributed by atoms with Crippen LogP contribution in [0.5, 0.6) is 0 Å². The van der Waals surface area contributed by atoms with Gasteiger partial charge < -0.3 is 9.13 Å². The Balaban J connectivity index is 0.971. The van der Waals surface area contributed by atoms with Crippen LogP contribution in [-0.2, 0) is 0 Å². The van der Waals surface area contributed by atoms with Gasteiger partial charge in [0.15, 0.2) is 5.82 Å². The summed E-state index contributed by atoms with van der Waals surface area (Å²) >= 11 is 0. The van der Waals surface area contributed by atoms with Crippen LogP contribution >= 0.6 is 0 Å². The number of fused-ring (bicyclic) bond motifs is 9. The highest BCUT2D eigenvalue weighted by molar-refractivity contribution is 6.17. The van der Waals surface area contributed by atoms with Crippen LogP contribution in [0.2, 0.25) is 0 Å². The van der Waals surface area contributed by atoms with E-state index in [0.717, 1.165) is 60.9 Å². The van der Waals surface area contributed by atoms with Gasteiger partial charge in [-0.2, -0.15) is 0 Å². The lowest BCUT2D eigenvalue weighted by Gasteiger charge is -2.14. The number of aromatic nitrogens is 4. The first-order chi connectivity index (χ1) is 31.7. The fourth-order valence-corrected chi connectivity index (χ4v) is 9.98. The second-order valence-corrected chi connectivity index (χ2v) is 16.5. The molecule has 0 saturated heterocycles. The first kappa shape index (κ1) is 36.1. The zero-order valence-electron chi connectivity index (χ0n) is 34.7. The zero-order valence-corrected chi connectivity index (χ0v) is 34.7. The molecule has 0 N–H and O–H groups in total. The molecule has 4 nitrogen and oxygen atoms in total. The van der Waals surface area contributed by atoms with Crippen molar-refractivity contribution in [3.05, 3.63) is 231 Å². The maximum absolute atomic E-state index is 5.39. The molecule has 3 aromatic heterocycles. The van der Waals surface area contributed by atoms with E-state index < -0.39 is 0 Å². The smallest absolute Gasteiger partial charge is 0.160 e. The van der Waals surface area contributed by atoms with Gasteiger partial charge in [0.25, 0.3) is 0 Å². The Morgan fingerprint density at radius 2 is 0.875 bits per heavy atom. The van der Waals surface area contributed by atoms with Crippen molar-refractivity contribution in [1.82, 2.24) is 19.1 Å². The van der Waals surface area contributed by atoms with Crippen molar-refractivity contribution in [1.29, 1.82) is 0 Å². The molecule has 0 bridgehead atoms. The van der Waals surface area contributed by atoms with Crippen LogP contribution in [0.1, 0.15) is 0 Å². The van der Waals surface area contributed by atoms with Crippen molar-refractivity contribution in [2.24, 2.45) is 0 Å². The maximum Gasteiger partial charge on any atom is 0.160 e. The van der Waals surface area contributed by atoms with Gasteiger partial charge in [-0.05, 0) is 88.3 Å². The second-order valence-electron chi connectivity index (χ2n) is 16.5. The molecule has 13 aromatic rings. The van der Waals surface area contributed by atoms with Crippen LogP contribution in [0.3, 0.4) is 0 Å². The molecule has 0 saturated carbocycles. The summed E-state index contributed by atoms with van der Waals surface area (Å²) in [5, 5.41) is 8.21. The normalized spacial score (nSPS) is 11.8. The van der Waals surface area contributed by atoms with Crippen molar-refractivity contribution in [2.75, 3.05) is 0 Å². The van der Waals surface area contributed by atoms with Gasteiger partial charge in [-0.1, -0.05) is 170 Å². The van der Waals surface area contributed by atoms with Crippen LogP contribution < -0.4 is 0 Å². The van der Waals surface area contributed by atoms with E-state index in [4.69, 9.17) is 9.97 Å². The molecule has 3 heterocycles. The Kier molecular flexibility index (Phi) is 8.18. The molecule has 0 spiro atoms. The standard InChI is InChI=1S/C60H38N4/c1-3-15-39(16-4-1)40-29-31-42(32-30-40)58-51-35-33-41-17-7-8-22-48(41)59(51)62-60(61-58)44-18-13-21-46(37-44)64-53-26-11-9-23-49(53)52-38-43(34-36-55(52)64)47-25-14-28-56-57(47)50-24-10-12-27-54(50)63(56)45-19-5-2-6-20-45/h1-38H. The predicted molar refractivity (Wildman–Crippen MR) is 267 cm³/mol. The van der Waals surface area contributed by atoms with E-state index >= 15 is 0 Å². The summed E-state index contributed by atoms with van der Waals surface area (Å²) in [6.45, 7) is 0. The summed E-state index contributed by atoms with van der Waals surface area (Å²) in [7, 11) is 0. The van der Waals surface area contributed by atoms with E-state index in [2.05, 4.69) is 240 Å². The van der Waals surface area contributed by atoms with E-state index in [9.17, 15) is 0 Å². The molecule has 0 aliphatic rings. The summed E-state index contributed by atoms with van der Waals surface area (Å²) < 4.78 is 4.78. The number of benzene rings is 10. The van der Waals surface area contributed by atoms with Crippen LogP contribution in [0.15, 0.2) is 231 Å². The van der Waals surface area contributed by atoms with Crippen molar-refractivity contribution < 1.29 is 0 Å². The highest BCUT2D eigenvalue weighted by atomic mass is 15.0. The predicted octanol–water partition coefficient (Wildman–Crippen LogP) is 15.6. The molecule has 0 atom stereocenters. The maximum atomic E-state index is 5.39. The zero-order chi connectivity index (χ0) is 42.1. The molecule has 13 rings (SSSR count). The van der Waals surface area contributed by atoms with E-state index in [1.807, 2.05) is 0 Å². The van der Waals surface area contributed by atoms with E-state index in [0.29, 0.717) is 5.82 Å². The molecule has 0 fully saturated rings. The van der Waals surface area contributed by atoms with Gasteiger partial charge in [0.1, 0.15) is 0 Å². The fourth-order valence-electron chi connectivity index (χ4n) is 9.98. The summed E-state index contributed by atoms with van der Waals surface area (Å²) in [4.78, 5) is 10.8. The van der Waals surface area contributed by atoms with Crippen molar-refractivity contribution in [2.45, 2.75) is 0 Å². The molecule has 0 aliphatic carbocycles. The van der Waals surface area contributed by atoms with Crippen LogP contribution in [-0.4, -0.2) is 19.1 Å². The molecule has 64 heavy (non-hydrogen) atoms. The van der Waals surface area contributed by atoms with Gasteiger partial charge in [-0.15, -0.1) is 0 Å². The molecule has 0 aliphatic heterocycles. The Morgan fingerprint density at radius 1 is 0.297 bits per heavy atom. The first-order valence-electron chi connectivity index (χ1n) is 21.8. The summed E-state index contributed by atoms with van der Waals surface area (Å²) in [6.07, 6.45) is 0. The molecule has 298 valence electrons. The van der Waals surface area contributed by atoms with E-state index in [-0.39, 0.29) is 0 Å². The lowest BCUT2D eigenvalue weighted by atomic mass is 9.98. The third-order valence-electron chi connectivity index (χ3n) is 12.9. The molecule has 0 unspecified atom stereocenters.